The summed E-state index contributed by atoms with van der Waals surface area (Å²) in [5, 5.41) is 0. The third kappa shape index (κ3) is 2.88. The van der Waals surface area contributed by atoms with E-state index in [4.69, 9.17) is 5.73 Å². The predicted octanol–water partition coefficient (Wildman–Crippen LogP) is 2.66. The van der Waals surface area contributed by atoms with Gasteiger partial charge in [0.1, 0.15) is 16.5 Å². The van der Waals surface area contributed by atoms with Crippen molar-refractivity contribution in [2.24, 2.45) is 0 Å². The molecule has 20 heavy (non-hydrogen) atoms. The fraction of sp³-hybridized carbons (Fsp3) is 0.0769. The molecule has 0 unspecified atom stereocenters. The second kappa shape index (κ2) is 5.09. The summed E-state index contributed by atoms with van der Waals surface area (Å²) in [5.74, 6) is -2.20. The van der Waals surface area contributed by atoms with Crippen molar-refractivity contribution in [2.45, 2.75) is 11.8 Å². The van der Waals surface area contributed by atoms with Gasteiger partial charge < -0.3 is 5.73 Å². The zero-order valence-corrected chi connectivity index (χ0v) is 11.3. The Morgan fingerprint density at radius 1 is 1.10 bits per heavy atom. The van der Waals surface area contributed by atoms with E-state index in [1.165, 1.54) is 6.07 Å². The van der Waals surface area contributed by atoms with Crippen molar-refractivity contribution < 1.29 is 17.2 Å². The molecule has 4 nitrogen and oxygen atoms in total. The lowest BCUT2D eigenvalue weighted by atomic mass is 10.2. The summed E-state index contributed by atoms with van der Waals surface area (Å²) in [5.41, 5.74) is 5.96. The highest BCUT2D eigenvalue weighted by atomic mass is 32.2. The highest BCUT2D eigenvalue weighted by Crippen LogP contribution is 2.23. The molecule has 0 aliphatic heterocycles. The number of hydrogen-bond acceptors (Lipinski definition) is 3. The lowest BCUT2D eigenvalue weighted by Gasteiger charge is -2.10. The van der Waals surface area contributed by atoms with Crippen LogP contribution in [0.25, 0.3) is 0 Å². The maximum atomic E-state index is 13.6. The van der Waals surface area contributed by atoms with Crippen LogP contribution < -0.4 is 10.5 Å². The van der Waals surface area contributed by atoms with Gasteiger partial charge in [-0.1, -0.05) is 12.1 Å². The van der Waals surface area contributed by atoms with Crippen molar-refractivity contribution in [3.63, 3.8) is 0 Å². The lowest BCUT2D eigenvalue weighted by Crippen LogP contribution is -2.15. The van der Waals surface area contributed by atoms with Crippen LogP contribution >= 0.6 is 0 Å². The normalized spacial score (nSPS) is 11.3. The van der Waals surface area contributed by atoms with E-state index >= 15 is 0 Å². The Labute approximate surface area is 115 Å². The standard InChI is InChI=1S/C13H12F2N2O2S/c1-8-3-2-4-9(5-8)17-20(18,19)13-7-12(16)10(14)6-11(13)15/h2-7,17H,16H2,1H3. The molecule has 3 N–H and O–H groups in total. The van der Waals surface area contributed by atoms with E-state index in [1.807, 2.05) is 0 Å². The van der Waals surface area contributed by atoms with Crippen molar-refractivity contribution in [3.05, 3.63) is 53.6 Å². The Morgan fingerprint density at radius 3 is 2.45 bits per heavy atom. The Bertz CT molecular complexity index is 761. The molecule has 0 aromatic heterocycles. The highest BCUT2D eigenvalue weighted by Gasteiger charge is 2.21. The second-order valence-corrected chi connectivity index (χ2v) is 5.93. The minimum absolute atomic E-state index is 0.285. The van der Waals surface area contributed by atoms with Gasteiger partial charge in [-0.25, -0.2) is 17.2 Å². The first-order chi connectivity index (χ1) is 9.29. The summed E-state index contributed by atoms with van der Waals surface area (Å²) in [6, 6.07) is 7.75. The number of benzene rings is 2. The van der Waals surface area contributed by atoms with Gasteiger partial charge in [0.25, 0.3) is 10.0 Å². The van der Waals surface area contributed by atoms with Crippen LogP contribution in [-0.2, 0) is 10.0 Å². The molecule has 0 spiro atoms. The number of rotatable bonds is 3. The summed E-state index contributed by atoms with van der Waals surface area (Å²) in [7, 11) is -4.17. The minimum atomic E-state index is -4.17. The molecular formula is C13H12F2N2O2S. The lowest BCUT2D eigenvalue weighted by molar-refractivity contribution is 0.553. The number of halogens is 2. The molecule has 2 rings (SSSR count). The number of nitrogen functional groups attached to an aromatic ring is 1. The summed E-state index contributed by atoms with van der Waals surface area (Å²) < 4.78 is 53.0. The molecule has 0 aliphatic carbocycles. The fourth-order valence-corrected chi connectivity index (χ4v) is 2.81. The van der Waals surface area contributed by atoms with Gasteiger partial charge in [-0.3, -0.25) is 4.72 Å². The number of anilines is 2. The largest absolute Gasteiger partial charge is 0.396 e. The van der Waals surface area contributed by atoms with Crippen molar-refractivity contribution in [2.75, 3.05) is 10.5 Å². The first-order valence-electron chi connectivity index (χ1n) is 5.63. The molecule has 0 saturated carbocycles. The molecule has 0 bridgehead atoms. The van der Waals surface area contributed by atoms with Crippen molar-refractivity contribution >= 4 is 21.4 Å². The summed E-state index contributed by atoms with van der Waals surface area (Å²) in [6.45, 7) is 1.79. The van der Waals surface area contributed by atoms with Crippen LogP contribution in [0.3, 0.4) is 0 Å². The third-order valence-electron chi connectivity index (χ3n) is 2.61. The Hall–Kier alpha value is -2.15. The molecule has 7 heteroatoms. The first kappa shape index (κ1) is 14.3. The molecule has 0 amide bonds. The molecule has 0 heterocycles. The zero-order valence-electron chi connectivity index (χ0n) is 10.5. The van der Waals surface area contributed by atoms with Crippen molar-refractivity contribution in [3.8, 4) is 0 Å². The maximum absolute atomic E-state index is 13.6. The van der Waals surface area contributed by atoms with E-state index in [9.17, 15) is 17.2 Å². The molecule has 2 aromatic carbocycles. The summed E-state index contributed by atoms with van der Waals surface area (Å²) in [6.07, 6.45) is 0. The molecule has 0 atom stereocenters. The van der Waals surface area contributed by atoms with Gasteiger partial charge in [-0.05, 0) is 30.7 Å². The van der Waals surface area contributed by atoms with Gasteiger partial charge in [-0.15, -0.1) is 0 Å². The smallest absolute Gasteiger partial charge is 0.264 e. The molecule has 0 fully saturated rings. The van der Waals surface area contributed by atoms with Crippen LogP contribution in [0, 0.1) is 18.6 Å². The van der Waals surface area contributed by atoms with Gasteiger partial charge >= 0.3 is 0 Å². The molecule has 0 radical (unpaired) electrons. The molecular weight excluding hydrogens is 286 g/mol. The molecule has 0 aliphatic rings. The van der Waals surface area contributed by atoms with E-state index in [0.29, 0.717) is 6.07 Å². The van der Waals surface area contributed by atoms with Crippen molar-refractivity contribution in [1.29, 1.82) is 0 Å². The quantitative estimate of drug-likeness (QED) is 0.856. The number of sulfonamides is 1. The van der Waals surface area contributed by atoms with E-state index in [-0.39, 0.29) is 5.69 Å². The Balaban J connectivity index is 2.43. The average Bonchev–Trinajstić information content (AvgIpc) is 2.33. The Kier molecular flexibility index (Phi) is 3.63. The summed E-state index contributed by atoms with van der Waals surface area (Å²) in [4.78, 5) is -0.696. The van der Waals surface area contributed by atoms with Crippen molar-refractivity contribution in [1.82, 2.24) is 0 Å². The third-order valence-corrected chi connectivity index (χ3v) is 4.01. The topological polar surface area (TPSA) is 72.2 Å². The fourth-order valence-electron chi connectivity index (χ4n) is 1.67. The second-order valence-electron chi connectivity index (χ2n) is 4.28. The number of nitrogens with one attached hydrogen (secondary N) is 1. The van der Waals surface area contributed by atoms with E-state index < -0.39 is 32.2 Å². The first-order valence-corrected chi connectivity index (χ1v) is 7.12. The molecule has 0 saturated heterocycles. The van der Waals surface area contributed by atoms with Crippen LogP contribution in [-0.4, -0.2) is 8.42 Å². The maximum Gasteiger partial charge on any atom is 0.264 e. The van der Waals surface area contributed by atoms with Gasteiger partial charge in [0.2, 0.25) is 0 Å². The van der Waals surface area contributed by atoms with Gasteiger partial charge in [0.15, 0.2) is 0 Å². The van der Waals surface area contributed by atoms with E-state index in [2.05, 4.69) is 4.72 Å². The Morgan fingerprint density at radius 2 is 1.80 bits per heavy atom. The van der Waals surface area contributed by atoms with Crippen LogP contribution in [0.1, 0.15) is 5.56 Å². The number of hydrogen-bond donors (Lipinski definition) is 2. The van der Waals surface area contributed by atoms with Crippen LogP contribution in [0.15, 0.2) is 41.3 Å². The minimum Gasteiger partial charge on any atom is -0.396 e. The van der Waals surface area contributed by atoms with E-state index in [1.54, 1.807) is 25.1 Å². The van der Waals surface area contributed by atoms with Crippen LogP contribution in [0.4, 0.5) is 20.2 Å². The van der Waals surface area contributed by atoms with E-state index in [0.717, 1.165) is 11.6 Å². The highest BCUT2D eigenvalue weighted by molar-refractivity contribution is 7.92. The number of aryl methyl sites for hydroxylation is 1. The predicted molar refractivity (Wildman–Crippen MR) is 72.8 cm³/mol. The van der Waals surface area contributed by atoms with Gasteiger partial charge in [0, 0.05) is 11.8 Å². The molecule has 2 aromatic rings. The average molecular weight is 298 g/mol. The van der Waals surface area contributed by atoms with Crippen LogP contribution in [0.5, 0.6) is 0 Å². The zero-order chi connectivity index (χ0) is 14.9. The van der Waals surface area contributed by atoms with Crippen LogP contribution in [0.2, 0.25) is 0 Å². The molecule has 106 valence electrons. The monoisotopic (exact) mass is 298 g/mol. The summed E-state index contributed by atoms with van der Waals surface area (Å²) >= 11 is 0. The number of nitrogens with two attached hydrogens (primary N) is 1. The van der Waals surface area contributed by atoms with Gasteiger partial charge in [0.05, 0.1) is 5.69 Å². The SMILES string of the molecule is Cc1cccc(NS(=O)(=O)c2cc(N)c(F)cc2F)c1. The van der Waals surface area contributed by atoms with Gasteiger partial charge in [-0.2, -0.15) is 0 Å².